The number of aromatic amines is 1. The molecule has 0 saturated heterocycles. The summed E-state index contributed by atoms with van der Waals surface area (Å²) in [6.07, 6.45) is 4.44. The summed E-state index contributed by atoms with van der Waals surface area (Å²) >= 11 is 0. The molecule has 9 heteroatoms. The zero-order valence-electron chi connectivity index (χ0n) is 20.5. The molecule has 0 spiro atoms. The van der Waals surface area contributed by atoms with Crippen molar-refractivity contribution in [2.45, 2.75) is 78.6 Å². The van der Waals surface area contributed by atoms with Crippen molar-refractivity contribution in [1.82, 2.24) is 30.1 Å². The Balaban J connectivity index is 1.73. The van der Waals surface area contributed by atoms with Crippen LogP contribution in [0.25, 0.3) is 10.9 Å². The van der Waals surface area contributed by atoms with E-state index in [9.17, 15) is 9.59 Å². The molecule has 3 aromatic rings. The molecule has 2 heterocycles. The van der Waals surface area contributed by atoms with Gasteiger partial charge in [-0.05, 0) is 60.0 Å². The van der Waals surface area contributed by atoms with E-state index >= 15 is 0 Å². The lowest BCUT2D eigenvalue weighted by Crippen LogP contribution is -2.41. The van der Waals surface area contributed by atoms with E-state index in [1.807, 2.05) is 31.2 Å². The fraction of sp³-hybridized carbons (Fsp3) is 0.560. The summed E-state index contributed by atoms with van der Waals surface area (Å²) in [5.41, 5.74) is 2.58. The number of H-pyrrole nitrogens is 1. The lowest BCUT2D eigenvalue weighted by atomic mass is 9.97. The molecule has 1 atom stereocenters. The van der Waals surface area contributed by atoms with Crippen LogP contribution in [0.4, 0.5) is 0 Å². The first-order valence-corrected chi connectivity index (χ1v) is 12.2. The average Bonchev–Trinajstić information content (AvgIpc) is 3.47. The molecule has 0 radical (unpaired) electrons. The van der Waals surface area contributed by atoms with E-state index in [-0.39, 0.29) is 30.0 Å². The number of benzene rings is 1. The molecule has 2 aromatic heterocycles. The number of carbonyl (C=O) groups is 1. The second-order valence-electron chi connectivity index (χ2n) is 9.46. The number of carbonyl (C=O) groups excluding carboxylic acids is 1. The highest BCUT2D eigenvalue weighted by Crippen LogP contribution is 2.36. The van der Waals surface area contributed by atoms with Crippen molar-refractivity contribution >= 4 is 16.9 Å². The minimum atomic E-state index is -0.368. The molecule has 4 rings (SSSR count). The molecular formula is C25H34N6O3. The van der Waals surface area contributed by atoms with Crippen LogP contribution in [0.2, 0.25) is 0 Å². The van der Waals surface area contributed by atoms with E-state index in [0.29, 0.717) is 25.0 Å². The summed E-state index contributed by atoms with van der Waals surface area (Å²) in [6.45, 7) is 8.80. The Bertz CT molecular complexity index is 1190. The SMILES string of the molecule is CCOC(=O)Cn1nnnc1C(C(C)C)N(Cc1cc2cccc(C)c2[nH]c1=O)C1CCCC1. The summed E-state index contributed by atoms with van der Waals surface area (Å²) in [7, 11) is 0. The highest BCUT2D eigenvalue weighted by atomic mass is 16.5. The van der Waals surface area contributed by atoms with Crippen LogP contribution < -0.4 is 5.56 Å². The summed E-state index contributed by atoms with van der Waals surface area (Å²) < 4.78 is 6.66. The molecule has 1 aliphatic carbocycles. The molecule has 1 aliphatic rings. The predicted octanol–water partition coefficient (Wildman–Crippen LogP) is 3.53. The van der Waals surface area contributed by atoms with Crippen LogP contribution in [0.1, 0.15) is 69.4 Å². The quantitative estimate of drug-likeness (QED) is 0.481. The normalized spacial score (nSPS) is 15.5. The molecule has 34 heavy (non-hydrogen) atoms. The monoisotopic (exact) mass is 466 g/mol. The second kappa shape index (κ2) is 10.5. The third-order valence-electron chi connectivity index (χ3n) is 6.71. The number of hydrogen-bond acceptors (Lipinski definition) is 7. The minimum Gasteiger partial charge on any atom is -0.465 e. The number of aryl methyl sites for hydroxylation is 1. The van der Waals surface area contributed by atoms with Gasteiger partial charge in [0.25, 0.3) is 5.56 Å². The van der Waals surface area contributed by atoms with Crippen molar-refractivity contribution in [3.63, 3.8) is 0 Å². The zero-order valence-corrected chi connectivity index (χ0v) is 20.5. The Morgan fingerprint density at radius 2 is 2.06 bits per heavy atom. The second-order valence-corrected chi connectivity index (χ2v) is 9.46. The molecule has 0 bridgehead atoms. The third kappa shape index (κ3) is 5.04. The number of nitrogens with one attached hydrogen (secondary N) is 1. The predicted molar refractivity (Wildman–Crippen MR) is 129 cm³/mol. The van der Waals surface area contributed by atoms with E-state index in [2.05, 4.69) is 39.3 Å². The maximum absolute atomic E-state index is 13.1. The third-order valence-corrected chi connectivity index (χ3v) is 6.71. The molecule has 1 aromatic carbocycles. The molecule has 1 fully saturated rings. The van der Waals surface area contributed by atoms with Crippen molar-refractivity contribution in [2.24, 2.45) is 5.92 Å². The smallest absolute Gasteiger partial charge is 0.327 e. The molecule has 1 saturated carbocycles. The average molecular weight is 467 g/mol. The van der Waals surface area contributed by atoms with Gasteiger partial charge in [0.15, 0.2) is 5.82 Å². The Morgan fingerprint density at radius 3 is 2.76 bits per heavy atom. The minimum absolute atomic E-state index is 0.0340. The van der Waals surface area contributed by atoms with Crippen molar-refractivity contribution < 1.29 is 9.53 Å². The summed E-state index contributed by atoms with van der Waals surface area (Å²) in [5, 5.41) is 13.3. The van der Waals surface area contributed by atoms with Crippen molar-refractivity contribution in [2.75, 3.05) is 6.61 Å². The molecular weight excluding hydrogens is 432 g/mol. The van der Waals surface area contributed by atoms with Crippen LogP contribution in [-0.4, -0.2) is 48.7 Å². The van der Waals surface area contributed by atoms with Gasteiger partial charge in [-0.1, -0.05) is 44.9 Å². The topological polar surface area (TPSA) is 106 Å². The first-order valence-electron chi connectivity index (χ1n) is 12.2. The standard InChI is InChI=1S/C25H34N6O3/c1-5-34-21(32)15-31-24(27-28-29-31)23(16(2)3)30(20-11-6-7-12-20)14-19-13-18-10-8-9-17(4)22(18)26-25(19)33/h8-10,13,16,20,23H,5-7,11-12,14-15H2,1-4H3,(H,26,33). The molecule has 1 N–H and O–H groups in total. The lowest BCUT2D eigenvalue weighted by Gasteiger charge is -2.37. The summed E-state index contributed by atoms with van der Waals surface area (Å²) in [5.74, 6) is 0.421. The van der Waals surface area contributed by atoms with Gasteiger partial charge in [-0.3, -0.25) is 14.5 Å². The van der Waals surface area contributed by atoms with Crippen LogP contribution >= 0.6 is 0 Å². The van der Waals surface area contributed by atoms with E-state index in [0.717, 1.165) is 47.7 Å². The van der Waals surface area contributed by atoms with Gasteiger partial charge in [0.1, 0.15) is 6.54 Å². The van der Waals surface area contributed by atoms with Gasteiger partial charge in [0.05, 0.1) is 18.2 Å². The van der Waals surface area contributed by atoms with Crippen LogP contribution in [-0.2, 0) is 22.6 Å². The number of ether oxygens (including phenoxy) is 1. The zero-order chi connectivity index (χ0) is 24.2. The number of tetrazole rings is 1. The van der Waals surface area contributed by atoms with Crippen LogP contribution in [0.15, 0.2) is 29.1 Å². The first kappa shape index (κ1) is 24.1. The van der Waals surface area contributed by atoms with Gasteiger partial charge in [-0.25, -0.2) is 4.68 Å². The Labute approximate surface area is 199 Å². The van der Waals surface area contributed by atoms with Gasteiger partial charge in [0.2, 0.25) is 0 Å². The molecule has 0 aliphatic heterocycles. The lowest BCUT2D eigenvalue weighted by molar-refractivity contribution is -0.144. The first-order chi connectivity index (χ1) is 16.4. The van der Waals surface area contributed by atoms with Crippen LogP contribution in [0, 0.1) is 12.8 Å². The number of hydrogen-bond donors (Lipinski definition) is 1. The fourth-order valence-electron chi connectivity index (χ4n) is 5.13. The van der Waals surface area contributed by atoms with Crippen molar-refractivity contribution in [1.29, 1.82) is 0 Å². The fourth-order valence-corrected chi connectivity index (χ4v) is 5.13. The summed E-state index contributed by atoms with van der Waals surface area (Å²) in [6, 6.07) is 8.20. The van der Waals surface area contributed by atoms with Gasteiger partial charge < -0.3 is 9.72 Å². The summed E-state index contributed by atoms with van der Waals surface area (Å²) in [4.78, 5) is 30.7. The Morgan fingerprint density at radius 1 is 1.29 bits per heavy atom. The van der Waals surface area contributed by atoms with Gasteiger partial charge in [-0.15, -0.1) is 5.10 Å². The van der Waals surface area contributed by atoms with Gasteiger partial charge in [0, 0.05) is 18.2 Å². The maximum Gasteiger partial charge on any atom is 0.327 e. The maximum atomic E-state index is 13.1. The van der Waals surface area contributed by atoms with Crippen LogP contribution in [0.5, 0.6) is 0 Å². The Hall–Kier alpha value is -3.07. The number of pyridine rings is 1. The largest absolute Gasteiger partial charge is 0.465 e. The number of nitrogens with zero attached hydrogens (tertiary/aromatic N) is 5. The van der Waals surface area contributed by atoms with Gasteiger partial charge in [-0.2, -0.15) is 0 Å². The number of para-hydroxylation sites is 1. The number of aromatic nitrogens is 5. The number of fused-ring (bicyclic) bond motifs is 1. The highest BCUT2D eigenvalue weighted by Gasteiger charge is 2.35. The number of rotatable bonds is 9. The molecule has 0 amide bonds. The highest BCUT2D eigenvalue weighted by molar-refractivity contribution is 5.81. The van der Waals surface area contributed by atoms with E-state index in [1.165, 1.54) is 0 Å². The number of esters is 1. The van der Waals surface area contributed by atoms with E-state index in [1.54, 1.807) is 11.6 Å². The Kier molecular flexibility index (Phi) is 7.41. The molecule has 9 nitrogen and oxygen atoms in total. The van der Waals surface area contributed by atoms with Crippen molar-refractivity contribution in [3.8, 4) is 0 Å². The van der Waals surface area contributed by atoms with E-state index < -0.39 is 0 Å². The molecule has 182 valence electrons. The molecule has 1 unspecified atom stereocenters. The van der Waals surface area contributed by atoms with Gasteiger partial charge >= 0.3 is 5.97 Å². The van der Waals surface area contributed by atoms with Crippen molar-refractivity contribution in [3.05, 3.63) is 51.6 Å². The van der Waals surface area contributed by atoms with Crippen LogP contribution in [0.3, 0.4) is 0 Å². The van der Waals surface area contributed by atoms with E-state index in [4.69, 9.17) is 4.74 Å².